The molecule has 1 aliphatic carbocycles. The number of rotatable bonds is 7. The molecular formula is C27H24N2O2. The molecular weight excluding hydrogens is 384 g/mol. The van der Waals surface area contributed by atoms with Crippen molar-refractivity contribution in [2.75, 3.05) is 0 Å². The molecule has 1 fully saturated rings. The maximum Gasteiger partial charge on any atom is 0.230 e. The molecule has 4 rings (SSSR count). The average Bonchev–Trinajstić information content (AvgIpc) is 3.33. The Morgan fingerprint density at radius 2 is 1.52 bits per heavy atom. The Labute approximate surface area is 182 Å². The van der Waals surface area contributed by atoms with Crippen LogP contribution in [0.1, 0.15) is 47.2 Å². The van der Waals surface area contributed by atoms with Gasteiger partial charge < -0.3 is 5.32 Å². The molecule has 0 spiro atoms. The molecule has 0 bridgehead atoms. The lowest BCUT2D eigenvalue weighted by Gasteiger charge is -2.28. The van der Waals surface area contributed by atoms with E-state index in [0.717, 1.165) is 29.5 Å². The van der Waals surface area contributed by atoms with Crippen molar-refractivity contribution in [3.63, 3.8) is 0 Å². The van der Waals surface area contributed by atoms with E-state index in [-0.39, 0.29) is 5.78 Å². The normalized spacial score (nSPS) is 14.7. The summed E-state index contributed by atoms with van der Waals surface area (Å²) in [6.45, 7) is 0.508. The molecule has 4 heteroatoms. The Hall–Kier alpha value is -3.55. The number of nitrogens with zero attached hydrogens (tertiary/aromatic N) is 1. The van der Waals surface area contributed by atoms with Crippen molar-refractivity contribution in [1.82, 2.24) is 5.32 Å². The van der Waals surface area contributed by atoms with Gasteiger partial charge in [-0.25, -0.2) is 0 Å². The van der Waals surface area contributed by atoms with Gasteiger partial charge >= 0.3 is 0 Å². The second kappa shape index (κ2) is 9.07. The van der Waals surface area contributed by atoms with E-state index in [9.17, 15) is 14.9 Å². The predicted molar refractivity (Wildman–Crippen MR) is 120 cm³/mol. The quantitative estimate of drug-likeness (QED) is 0.437. The zero-order valence-corrected chi connectivity index (χ0v) is 17.3. The summed E-state index contributed by atoms with van der Waals surface area (Å²) in [4.78, 5) is 26.0. The van der Waals surface area contributed by atoms with E-state index in [0.29, 0.717) is 30.5 Å². The number of ketones is 2. The van der Waals surface area contributed by atoms with Gasteiger partial charge in [0.25, 0.3) is 0 Å². The molecule has 0 radical (unpaired) electrons. The van der Waals surface area contributed by atoms with Crippen molar-refractivity contribution in [3.8, 4) is 17.2 Å². The first-order valence-electron chi connectivity index (χ1n) is 10.6. The smallest absolute Gasteiger partial charge is 0.230 e. The molecule has 1 N–H and O–H groups in total. The summed E-state index contributed by atoms with van der Waals surface area (Å²) in [5.41, 5.74) is 3.21. The van der Waals surface area contributed by atoms with Crippen molar-refractivity contribution in [2.45, 2.75) is 37.8 Å². The van der Waals surface area contributed by atoms with E-state index in [4.69, 9.17) is 0 Å². The molecule has 154 valence electrons. The summed E-state index contributed by atoms with van der Waals surface area (Å²) >= 11 is 0. The maximum atomic E-state index is 13.2. The first-order chi connectivity index (χ1) is 15.1. The lowest BCUT2D eigenvalue weighted by Crippen LogP contribution is -2.52. The molecule has 0 amide bonds. The second-order valence-corrected chi connectivity index (χ2v) is 8.02. The van der Waals surface area contributed by atoms with E-state index in [2.05, 4.69) is 11.4 Å². The predicted octanol–water partition coefficient (Wildman–Crippen LogP) is 5.08. The van der Waals surface area contributed by atoms with E-state index in [1.165, 1.54) is 0 Å². The summed E-state index contributed by atoms with van der Waals surface area (Å²) in [6, 6.07) is 26.5. The second-order valence-electron chi connectivity index (χ2n) is 8.02. The van der Waals surface area contributed by atoms with Crippen LogP contribution in [0, 0.1) is 11.3 Å². The number of benzene rings is 3. The molecule has 1 aliphatic rings. The minimum Gasteiger partial charge on any atom is -0.300 e. The van der Waals surface area contributed by atoms with Crippen molar-refractivity contribution < 1.29 is 9.59 Å². The third kappa shape index (κ3) is 4.33. The van der Waals surface area contributed by atoms with Gasteiger partial charge in [0.05, 0.1) is 17.2 Å². The van der Waals surface area contributed by atoms with Gasteiger partial charge in [-0.3, -0.25) is 9.59 Å². The van der Waals surface area contributed by atoms with Crippen molar-refractivity contribution in [1.29, 1.82) is 5.26 Å². The Morgan fingerprint density at radius 3 is 2.19 bits per heavy atom. The van der Waals surface area contributed by atoms with Crippen LogP contribution in [0.15, 0.2) is 78.9 Å². The molecule has 0 aliphatic heterocycles. The molecule has 3 aromatic carbocycles. The monoisotopic (exact) mass is 408 g/mol. The summed E-state index contributed by atoms with van der Waals surface area (Å²) in [5.74, 6) is -0.755. The highest BCUT2D eigenvalue weighted by atomic mass is 16.2. The zero-order chi connectivity index (χ0) is 21.7. The van der Waals surface area contributed by atoms with Crippen LogP contribution in [-0.4, -0.2) is 17.1 Å². The Balaban J connectivity index is 1.49. The number of carbonyl (C=O) groups is 2. The summed E-state index contributed by atoms with van der Waals surface area (Å²) < 4.78 is 0. The van der Waals surface area contributed by atoms with Crippen LogP contribution in [0.5, 0.6) is 0 Å². The van der Waals surface area contributed by atoms with Crippen molar-refractivity contribution in [3.05, 3.63) is 95.6 Å². The molecule has 0 aromatic heterocycles. The largest absolute Gasteiger partial charge is 0.300 e. The third-order valence-corrected chi connectivity index (χ3v) is 6.08. The lowest BCUT2D eigenvalue weighted by atomic mass is 9.87. The van der Waals surface area contributed by atoms with Crippen LogP contribution in [0.3, 0.4) is 0 Å². The molecule has 1 saturated carbocycles. The Kier molecular flexibility index (Phi) is 6.06. The number of carbonyl (C=O) groups excluding carboxylic acids is 2. The molecule has 0 atom stereocenters. The zero-order valence-electron chi connectivity index (χ0n) is 17.3. The molecule has 31 heavy (non-hydrogen) atoms. The lowest BCUT2D eigenvalue weighted by molar-refractivity contribution is -0.121. The number of hydrogen-bond acceptors (Lipinski definition) is 4. The fraction of sp³-hybridized carbons (Fsp3) is 0.222. The van der Waals surface area contributed by atoms with Gasteiger partial charge in [-0.2, -0.15) is 5.26 Å². The molecule has 0 heterocycles. The SMILES string of the molecule is N#Cc1ccccc1-c1ccc(CNC2(C(=O)C(=O)c3ccccc3)CCCC2)cc1. The Morgan fingerprint density at radius 1 is 0.871 bits per heavy atom. The molecule has 4 nitrogen and oxygen atoms in total. The highest BCUT2D eigenvalue weighted by Crippen LogP contribution is 2.32. The number of hydrogen-bond donors (Lipinski definition) is 1. The van der Waals surface area contributed by atoms with Gasteiger partial charge in [0, 0.05) is 12.1 Å². The average molecular weight is 409 g/mol. The van der Waals surface area contributed by atoms with Gasteiger partial charge in [0.15, 0.2) is 0 Å². The van der Waals surface area contributed by atoms with Crippen LogP contribution in [0.2, 0.25) is 0 Å². The highest BCUT2D eigenvalue weighted by Gasteiger charge is 2.43. The van der Waals surface area contributed by atoms with Gasteiger partial charge in [-0.1, -0.05) is 85.6 Å². The van der Waals surface area contributed by atoms with Gasteiger partial charge in [0.1, 0.15) is 0 Å². The van der Waals surface area contributed by atoms with Crippen LogP contribution >= 0.6 is 0 Å². The fourth-order valence-corrected chi connectivity index (χ4v) is 4.31. The van der Waals surface area contributed by atoms with Crippen LogP contribution in [0.25, 0.3) is 11.1 Å². The van der Waals surface area contributed by atoms with Crippen LogP contribution in [-0.2, 0) is 11.3 Å². The van der Waals surface area contributed by atoms with E-state index < -0.39 is 11.3 Å². The summed E-state index contributed by atoms with van der Waals surface area (Å²) in [6.07, 6.45) is 3.23. The van der Waals surface area contributed by atoms with Crippen LogP contribution < -0.4 is 5.32 Å². The fourth-order valence-electron chi connectivity index (χ4n) is 4.31. The standard InChI is InChI=1S/C27H24N2O2/c28-18-23-10-4-5-11-24(23)21-14-12-20(13-15-21)19-29-27(16-6-7-17-27)26(31)25(30)22-8-2-1-3-9-22/h1-5,8-15,29H,6-7,16-17,19H2. The number of Topliss-reactive ketones (excluding diaryl/α,β-unsaturated/α-hetero) is 2. The minimum atomic E-state index is -0.793. The Bertz CT molecular complexity index is 1120. The molecule has 0 unspecified atom stereocenters. The number of nitrogens with one attached hydrogen (secondary N) is 1. The van der Waals surface area contributed by atoms with Crippen molar-refractivity contribution >= 4 is 11.6 Å². The third-order valence-electron chi connectivity index (χ3n) is 6.08. The van der Waals surface area contributed by atoms with Crippen molar-refractivity contribution in [2.24, 2.45) is 0 Å². The topological polar surface area (TPSA) is 70.0 Å². The van der Waals surface area contributed by atoms with Gasteiger partial charge in [-0.05, 0) is 35.6 Å². The van der Waals surface area contributed by atoms with Crippen LogP contribution in [0.4, 0.5) is 0 Å². The minimum absolute atomic E-state index is 0.337. The molecule has 0 saturated heterocycles. The van der Waals surface area contributed by atoms with E-state index in [1.807, 2.05) is 54.6 Å². The van der Waals surface area contributed by atoms with Gasteiger partial charge in [0.2, 0.25) is 11.6 Å². The van der Waals surface area contributed by atoms with Gasteiger partial charge in [-0.15, -0.1) is 0 Å². The van der Waals surface area contributed by atoms with E-state index in [1.54, 1.807) is 24.3 Å². The first-order valence-corrected chi connectivity index (χ1v) is 10.6. The molecule has 3 aromatic rings. The maximum absolute atomic E-state index is 13.2. The highest BCUT2D eigenvalue weighted by molar-refractivity contribution is 6.46. The summed E-state index contributed by atoms with van der Waals surface area (Å²) in [7, 11) is 0. The van der Waals surface area contributed by atoms with E-state index >= 15 is 0 Å². The first kappa shape index (κ1) is 20.7. The number of nitriles is 1. The summed E-state index contributed by atoms with van der Waals surface area (Å²) in [5, 5.41) is 12.7.